The van der Waals surface area contributed by atoms with Gasteiger partial charge in [-0.1, -0.05) is 12.0 Å². The average Bonchev–Trinajstić information content (AvgIpc) is 2.36. The van der Waals surface area contributed by atoms with Gasteiger partial charge in [0.25, 0.3) is 0 Å². The summed E-state index contributed by atoms with van der Waals surface area (Å²) in [6.07, 6.45) is 1.08. The van der Waals surface area contributed by atoms with Gasteiger partial charge in [0.15, 0.2) is 0 Å². The Labute approximate surface area is 66.2 Å². The maximum Gasteiger partial charge on any atom is 0.317 e. The van der Waals surface area contributed by atoms with Crippen molar-refractivity contribution in [2.24, 2.45) is 0 Å². The Kier molecular flexibility index (Phi) is 2.46. The molecule has 11 heavy (non-hydrogen) atoms. The summed E-state index contributed by atoms with van der Waals surface area (Å²) in [6, 6.07) is 0.601. The van der Waals surface area contributed by atoms with E-state index in [0.717, 1.165) is 13.0 Å². The maximum atomic E-state index is 5.20. The zero-order chi connectivity index (χ0) is 8.27. The van der Waals surface area contributed by atoms with E-state index in [2.05, 4.69) is 17.1 Å². The van der Waals surface area contributed by atoms with Gasteiger partial charge < -0.3 is 9.32 Å². The van der Waals surface area contributed by atoms with Crippen LogP contribution in [0.4, 0.5) is 6.01 Å². The van der Waals surface area contributed by atoms with Crippen molar-refractivity contribution in [1.82, 2.24) is 10.2 Å². The second kappa shape index (κ2) is 3.37. The van der Waals surface area contributed by atoms with Crippen molar-refractivity contribution in [3.05, 3.63) is 5.89 Å². The minimum absolute atomic E-state index is 0.601. The zero-order valence-corrected chi connectivity index (χ0v) is 7.16. The molecule has 0 aliphatic carbocycles. The lowest BCUT2D eigenvalue weighted by molar-refractivity contribution is 0.511. The first-order valence-corrected chi connectivity index (χ1v) is 3.75. The molecule has 0 fully saturated rings. The summed E-state index contributed by atoms with van der Waals surface area (Å²) < 4.78 is 5.20. The SMILES string of the molecule is CCCN(C)c1nnc(C)o1. The summed E-state index contributed by atoms with van der Waals surface area (Å²) in [7, 11) is 1.94. The second-order valence-electron chi connectivity index (χ2n) is 2.53. The number of nitrogens with zero attached hydrogens (tertiary/aromatic N) is 3. The first-order valence-electron chi connectivity index (χ1n) is 3.75. The molecule has 0 radical (unpaired) electrons. The summed E-state index contributed by atoms with van der Waals surface area (Å²) >= 11 is 0. The molecule has 0 spiro atoms. The van der Waals surface area contributed by atoms with E-state index in [9.17, 15) is 0 Å². The molecule has 0 aliphatic rings. The summed E-state index contributed by atoms with van der Waals surface area (Å²) in [5, 5.41) is 7.61. The molecule has 0 saturated heterocycles. The van der Waals surface area contributed by atoms with Gasteiger partial charge in [0.2, 0.25) is 5.89 Å². The van der Waals surface area contributed by atoms with Gasteiger partial charge in [-0.15, -0.1) is 5.10 Å². The summed E-state index contributed by atoms with van der Waals surface area (Å²) in [5.74, 6) is 0.614. The van der Waals surface area contributed by atoms with Gasteiger partial charge in [0.05, 0.1) is 0 Å². The van der Waals surface area contributed by atoms with Gasteiger partial charge in [0.1, 0.15) is 0 Å². The van der Waals surface area contributed by atoms with E-state index in [1.807, 2.05) is 11.9 Å². The van der Waals surface area contributed by atoms with Gasteiger partial charge in [-0.2, -0.15) is 0 Å². The second-order valence-corrected chi connectivity index (χ2v) is 2.53. The third-order valence-electron chi connectivity index (χ3n) is 1.40. The fourth-order valence-corrected chi connectivity index (χ4v) is 0.871. The van der Waals surface area contributed by atoms with E-state index >= 15 is 0 Å². The van der Waals surface area contributed by atoms with Crippen molar-refractivity contribution in [3.63, 3.8) is 0 Å². The standard InChI is InChI=1S/C7H13N3O/c1-4-5-10(3)7-9-8-6(2)11-7/h4-5H2,1-3H3. The molecule has 0 N–H and O–H groups in total. The highest BCUT2D eigenvalue weighted by atomic mass is 16.4. The highest BCUT2D eigenvalue weighted by Crippen LogP contribution is 2.08. The zero-order valence-electron chi connectivity index (χ0n) is 7.16. The van der Waals surface area contributed by atoms with E-state index in [1.54, 1.807) is 6.92 Å². The van der Waals surface area contributed by atoms with Gasteiger partial charge in [-0.3, -0.25) is 0 Å². The van der Waals surface area contributed by atoms with E-state index < -0.39 is 0 Å². The van der Waals surface area contributed by atoms with Crippen molar-refractivity contribution in [2.75, 3.05) is 18.5 Å². The molecule has 0 aromatic carbocycles. The number of aromatic nitrogens is 2. The van der Waals surface area contributed by atoms with Crippen LogP contribution in [0.2, 0.25) is 0 Å². The molecule has 0 aliphatic heterocycles. The van der Waals surface area contributed by atoms with Crippen molar-refractivity contribution >= 4 is 6.01 Å². The minimum atomic E-state index is 0.601. The quantitative estimate of drug-likeness (QED) is 0.658. The van der Waals surface area contributed by atoms with E-state index in [1.165, 1.54) is 0 Å². The Morgan fingerprint density at radius 1 is 1.45 bits per heavy atom. The number of anilines is 1. The smallest absolute Gasteiger partial charge is 0.317 e. The molecule has 0 unspecified atom stereocenters. The molecule has 0 saturated carbocycles. The molecule has 62 valence electrons. The lowest BCUT2D eigenvalue weighted by Crippen LogP contribution is -2.17. The third-order valence-corrected chi connectivity index (χ3v) is 1.40. The average molecular weight is 155 g/mol. The van der Waals surface area contributed by atoms with Crippen LogP contribution < -0.4 is 4.90 Å². The van der Waals surface area contributed by atoms with Crippen LogP contribution in [-0.2, 0) is 0 Å². The Morgan fingerprint density at radius 2 is 2.18 bits per heavy atom. The molecule has 0 atom stereocenters. The topological polar surface area (TPSA) is 42.2 Å². The molecule has 0 bridgehead atoms. The van der Waals surface area contributed by atoms with Gasteiger partial charge in [-0.05, 0) is 6.42 Å². The van der Waals surface area contributed by atoms with E-state index in [0.29, 0.717) is 11.9 Å². The maximum absolute atomic E-state index is 5.20. The predicted molar refractivity (Wildman–Crippen MR) is 42.6 cm³/mol. The lowest BCUT2D eigenvalue weighted by Gasteiger charge is -2.10. The molecule has 1 aromatic heterocycles. The molecule has 1 aromatic rings. The van der Waals surface area contributed by atoms with E-state index in [-0.39, 0.29) is 0 Å². The Bertz CT molecular complexity index is 221. The Morgan fingerprint density at radius 3 is 2.64 bits per heavy atom. The minimum Gasteiger partial charge on any atom is -0.408 e. The van der Waals surface area contributed by atoms with Crippen LogP contribution in [0.15, 0.2) is 4.42 Å². The molecule has 0 amide bonds. The van der Waals surface area contributed by atoms with Crippen molar-refractivity contribution in [3.8, 4) is 0 Å². The first kappa shape index (κ1) is 8.04. The Hall–Kier alpha value is -1.06. The van der Waals surface area contributed by atoms with Crippen LogP contribution in [0.25, 0.3) is 0 Å². The number of aryl methyl sites for hydroxylation is 1. The van der Waals surface area contributed by atoms with Crippen LogP contribution in [0.1, 0.15) is 19.2 Å². The molecular formula is C7H13N3O. The van der Waals surface area contributed by atoms with Crippen LogP contribution >= 0.6 is 0 Å². The van der Waals surface area contributed by atoms with Crippen molar-refractivity contribution in [1.29, 1.82) is 0 Å². The summed E-state index contributed by atoms with van der Waals surface area (Å²) in [4.78, 5) is 1.94. The molecule has 1 rings (SSSR count). The fraction of sp³-hybridized carbons (Fsp3) is 0.714. The summed E-state index contributed by atoms with van der Waals surface area (Å²) in [5.41, 5.74) is 0. The Balaban J connectivity index is 2.60. The van der Waals surface area contributed by atoms with Gasteiger partial charge in [0, 0.05) is 20.5 Å². The number of rotatable bonds is 3. The first-order chi connectivity index (χ1) is 5.24. The van der Waals surface area contributed by atoms with Crippen LogP contribution in [0.5, 0.6) is 0 Å². The van der Waals surface area contributed by atoms with Gasteiger partial charge in [-0.25, -0.2) is 0 Å². The molecule has 4 nitrogen and oxygen atoms in total. The molecule has 1 heterocycles. The number of hydrogen-bond donors (Lipinski definition) is 0. The molecular weight excluding hydrogens is 142 g/mol. The van der Waals surface area contributed by atoms with Crippen molar-refractivity contribution in [2.45, 2.75) is 20.3 Å². The molecule has 4 heteroatoms. The monoisotopic (exact) mass is 155 g/mol. The fourth-order valence-electron chi connectivity index (χ4n) is 0.871. The normalized spacial score (nSPS) is 10.1. The van der Waals surface area contributed by atoms with E-state index in [4.69, 9.17) is 4.42 Å². The lowest BCUT2D eigenvalue weighted by atomic mass is 10.5. The highest BCUT2D eigenvalue weighted by molar-refractivity contribution is 5.20. The largest absolute Gasteiger partial charge is 0.408 e. The third kappa shape index (κ3) is 1.93. The van der Waals surface area contributed by atoms with Crippen LogP contribution in [0, 0.1) is 6.92 Å². The van der Waals surface area contributed by atoms with Gasteiger partial charge >= 0.3 is 6.01 Å². The van der Waals surface area contributed by atoms with Crippen LogP contribution in [-0.4, -0.2) is 23.8 Å². The predicted octanol–water partition coefficient (Wildman–Crippen LogP) is 1.22. The summed E-state index contributed by atoms with van der Waals surface area (Å²) in [6.45, 7) is 4.84. The van der Waals surface area contributed by atoms with Crippen LogP contribution in [0.3, 0.4) is 0 Å². The number of hydrogen-bond acceptors (Lipinski definition) is 4. The highest BCUT2D eigenvalue weighted by Gasteiger charge is 2.05. The van der Waals surface area contributed by atoms with Crippen molar-refractivity contribution < 1.29 is 4.42 Å².